The third kappa shape index (κ3) is 3.01. The van der Waals surface area contributed by atoms with Crippen LogP contribution >= 0.6 is 0 Å². The van der Waals surface area contributed by atoms with Gasteiger partial charge in [-0.2, -0.15) is 0 Å². The van der Waals surface area contributed by atoms with Crippen LogP contribution in [-0.2, 0) is 4.74 Å². The van der Waals surface area contributed by atoms with Crippen LogP contribution in [0.1, 0.15) is 10.4 Å². The summed E-state index contributed by atoms with van der Waals surface area (Å²) in [5, 5.41) is 0. The van der Waals surface area contributed by atoms with Crippen molar-refractivity contribution < 1.29 is 19.1 Å². The van der Waals surface area contributed by atoms with E-state index in [1.807, 2.05) is 0 Å². The van der Waals surface area contributed by atoms with Crippen LogP contribution in [0.2, 0.25) is 0 Å². The number of piperazine rings is 1. The molecule has 108 valence electrons. The Kier molecular flexibility index (Phi) is 4.45. The number of hydrogen-bond acceptors (Lipinski definition) is 4. The number of benzene rings is 1. The number of hydrogen-bond donors (Lipinski definition) is 0. The summed E-state index contributed by atoms with van der Waals surface area (Å²) in [5.74, 6) is 0.689. The van der Waals surface area contributed by atoms with E-state index in [1.54, 1.807) is 41.2 Å². The first-order chi connectivity index (χ1) is 9.65. The van der Waals surface area contributed by atoms with Crippen molar-refractivity contribution in [3.63, 3.8) is 0 Å². The molecule has 0 aliphatic carbocycles. The van der Waals surface area contributed by atoms with Gasteiger partial charge in [0.25, 0.3) is 5.91 Å². The van der Waals surface area contributed by atoms with Crippen molar-refractivity contribution in [2.24, 2.45) is 0 Å². The molecule has 2 amide bonds. The minimum absolute atomic E-state index is 0.0304. The molecule has 0 unspecified atom stereocenters. The molecule has 0 aromatic heterocycles. The topological polar surface area (TPSA) is 59.1 Å². The molecule has 1 aromatic carbocycles. The van der Waals surface area contributed by atoms with Crippen LogP contribution in [0.15, 0.2) is 24.3 Å². The van der Waals surface area contributed by atoms with Gasteiger partial charge < -0.3 is 19.3 Å². The lowest BCUT2D eigenvalue weighted by Gasteiger charge is -2.33. The Morgan fingerprint density at radius 2 is 1.50 bits per heavy atom. The molecule has 1 aliphatic heterocycles. The molecule has 1 aromatic rings. The van der Waals surface area contributed by atoms with Crippen molar-refractivity contribution in [2.75, 3.05) is 40.4 Å². The zero-order chi connectivity index (χ0) is 14.5. The lowest BCUT2D eigenvalue weighted by atomic mass is 10.1. The van der Waals surface area contributed by atoms with E-state index >= 15 is 0 Å². The van der Waals surface area contributed by atoms with Crippen LogP contribution in [0.3, 0.4) is 0 Å². The number of rotatable bonds is 2. The number of carbonyl (C=O) groups excluding carboxylic acids is 2. The highest BCUT2D eigenvalue weighted by Crippen LogP contribution is 2.14. The van der Waals surface area contributed by atoms with E-state index in [1.165, 1.54) is 7.11 Å². The van der Waals surface area contributed by atoms with Crippen LogP contribution in [0.25, 0.3) is 0 Å². The average Bonchev–Trinajstić information content (AvgIpc) is 2.53. The number of amides is 2. The summed E-state index contributed by atoms with van der Waals surface area (Å²) in [7, 11) is 2.94. The molecule has 0 N–H and O–H groups in total. The van der Waals surface area contributed by atoms with Crippen molar-refractivity contribution in [1.29, 1.82) is 0 Å². The van der Waals surface area contributed by atoms with E-state index in [0.29, 0.717) is 31.7 Å². The third-order valence-electron chi connectivity index (χ3n) is 3.34. The first-order valence-electron chi connectivity index (χ1n) is 6.42. The summed E-state index contributed by atoms with van der Waals surface area (Å²) in [4.78, 5) is 27.0. The van der Waals surface area contributed by atoms with Crippen LogP contribution < -0.4 is 4.74 Å². The van der Waals surface area contributed by atoms with Crippen molar-refractivity contribution in [2.45, 2.75) is 0 Å². The minimum atomic E-state index is -0.346. The number of nitrogens with zero attached hydrogens (tertiary/aromatic N) is 2. The zero-order valence-electron chi connectivity index (χ0n) is 11.7. The Labute approximate surface area is 117 Å². The summed E-state index contributed by atoms with van der Waals surface area (Å²) >= 11 is 0. The number of methoxy groups -OCH3 is 2. The first-order valence-corrected chi connectivity index (χ1v) is 6.42. The van der Waals surface area contributed by atoms with E-state index in [0.717, 1.165) is 5.75 Å². The summed E-state index contributed by atoms with van der Waals surface area (Å²) in [5.41, 5.74) is 0.623. The fourth-order valence-corrected chi connectivity index (χ4v) is 2.14. The number of ether oxygens (including phenoxy) is 2. The van der Waals surface area contributed by atoms with Crippen molar-refractivity contribution >= 4 is 12.0 Å². The smallest absolute Gasteiger partial charge is 0.409 e. The molecule has 0 atom stereocenters. The molecule has 6 nitrogen and oxygen atoms in total. The number of carbonyl (C=O) groups is 2. The van der Waals surface area contributed by atoms with E-state index in [-0.39, 0.29) is 12.0 Å². The van der Waals surface area contributed by atoms with E-state index in [9.17, 15) is 9.59 Å². The Hall–Kier alpha value is -2.24. The Morgan fingerprint density at radius 1 is 0.950 bits per heavy atom. The van der Waals surface area contributed by atoms with Crippen LogP contribution in [0.5, 0.6) is 5.75 Å². The second kappa shape index (κ2) is 6.27. The Balaban J connectivity index is 1.95. The summed E-state index contributed by atoms with van der Waals surface area (Å²) in [6.07, 6.45) is -0.346. The molecule has 1 saturated heterocycles. The predicted octanol–water partition coefficient (Wildman–Crippen LogP) is 1.22. The molecule has 0 saturated carbocycles. The molecule has 0 spiro atoms. The van der Waals surface area contributed by atoms with E-state index in [2.05, 4.69) is 4.74 Å². The monoisotopic (exact) mass is 278 g/mol. The van der Waals surface area contributed by atoms with Gasteiger partial charge in [-0.15, -0.1) is 0 Å². The van der Waals surface area contributed by atoms with Crippen molar-refractivity contribution in [1.82, 2.24) is 9.80 Å². The molecule has 1 aliphatic rings. The predicted molar refractivity (Wildman–Crippen MR) is 72.9 cm³/mol. The van der Waals surface area contributed by atoms with Crippen molar-refractivity contribution in [3.05, 3.63) is 29.8 Å². The molecule has 1 heterocycles. The highest BCUT2D eigenvalue weighted by atomic mass is 16.5. The quantitative estimate of drug-likeness (QED) is 0.816. The minimum Gasteiger partial charge on any atom is -0.497 e. The summed E-state index contributed by atoms with van der Waals surface area (Å²) < 4.78 is 9.73. The first kappa shape index (κ1) is 14.2. The molecule has 6 heteroatoms. The van der Waals surface area contributed by atoms with Crippen LogP contribution in [0.4, 0.5) is 4.79 Å². The molecule has 1 fully saturated rings. The van der Waals surface area contributed by atoms with Gasteiger partial charge in [-0.3, -0.25) is 4.79 Å². The summed E-state index contributed by atoms with van der Waals surface area (Å²) in [6, 6.07) is 7.01. The normalized spacial score (nSPS) is 14.9. The van der Waals surface area contributed by atoms with Crippen molar-refractivity contribution in [3.8, 4) is 5.75 Å². The maximum Gasteiger partial charge on any atom is 0.409 e. The molecule has 0 radical (unpaired) electrons. The van der Waals surface area contributed by atoms with Gasteiger partial charge in [-0.05, 0) is 24.3 Å². The zero-order valence-corrected chi connectivity index (χ0v) is 11.7. The lowest BCUT2D eigenvalue weighted by molar-refractivity contribution is 0.0599. The molecular formula is C14H18N2O4. The van der Waals surface area contributed by atoms with Crippen LogP contribution in [-0.4, -0.2) is 62.2 Å². The largest absolute Gasteiger partial charge is 0.497 e. The van der Waals surface area contributed by atoms with Gasteiger partial charge in [0, 0.05) is 31.7 Å². The third-order valence-corrected chi connectivity index (χ3v) is 3.34. The lowest BCUT2D eigenvalue weighted by Crippen LogP contribution is -2.50. The van der Waals surface area contributed by atoms with Gasteiger partial charge in [-0.25, -0.2) is 4.79 Å². The van der Waals surface area contributed by atoms with E-state index in [4.69, 9.17) is 4.74 Å². The Morgan fingerprint density at radius 3 is 2.00 bits per heavy atom. The average molecular weight is 278 g/mol. The molecule has 20 heavy (non-hydrogen) atoms. The standard InChI is InChI=1S/C14H18N2O4/c1-19-12-5-3-11(4-6-12)13(17)15-7-9-16(10-8-15)14(18)20-2/h3-6H,7-10H2,1-2H3. The molecular weight excluding hydrogens is 260 g/mol. The van der Waals surface area contributed by atoms with Gasteiger partial charge in [0.2, 0.25) is 0 Å². The van der Waals surface area contributed by atoms with Crippen LogP contribution in [0, 0.1) is 0 Å². The maximum absolute atomic E-state index is 12.3. The fourth-order valence-electron chi connectivity index (χ4n) is 2.14. The summed E-state index contributed by atoms with van der Waals surface area (Å²) in [6.45, 7) is 2.02. The van der Waals surface area contributed by atoms with Gasteiger partial charge in [0.15, 0.2) is 0 Å². The van der Waals surface area contributed by atoms with Gasteiger partial charge in [0.1, 0.15) is 5.75 Å². The maximum atomic E-state index is 12.3. The highest BCUT2D eigenvalue weighted by Gasteiger charge is 2.25. The van der Waals surface area contributed by atoms with Gasteiger partial charge in [0.05, 0.1) is 14.2 Å². The molecule has 2 rings (SSSR count). The van der Waals surface area contributed by atoms with Gasteiger partial charge in [-0.1, -0.05) is 0 Å². The second-order valence-electron chi connectivity index (χ2n) is 4.48. The van der Waals surface area contributed by atoms with Gasteiger partial charge >= 0.3 is 6.09 Å². The Bertz CT molecular complexity index is 478. The second-order valence-corrected chi connectivity index (χ2v) is 4.48. The highest BCUT2D eigenvalue weighted by molar-refractivity contribution is 5.94. The SMILES string of the molecule is COC(=O)N1CCN(C(=O)c2ccc(OC)cc2)CC1. The molecule has 0 bridgehead atoms. The fraction of sp³-hybridized carbons (Fsp3) is 0.429. The van der Waals surface area contributed by atoms with E-state index < -0.39 is 0 Å².